The fourth-order valence-electron chi connectivity index (χ4n) is 2.20. The molecule has 5 heteroatoms. The molecule has 0 aliphatic carbocycles. The third kappa shape index (κ3) is 2.39. The molecular weight excluding hydrogens is 315 g/mol. The predicted molar refractivity (Wildman–Crippen MR) is 85.4 cm³/mol. The number of hydrogen-bond donors (Lipinski definition) is 0. The molecule has 1 heterocycles. The van der Waals surface area contributed by atoms with Crippen molar-refractivity contribution in [2.75, 3.05) is 0 Å². The third-order valence-electron chi connectivity index (χ3n) is 3.08. The van der Waals surface area contributed by atoms with E-state index in [4.69, 9.17) is 34.8 Å². The van der Waals surface area contributed by atoms with Crippen molar-refractivity contribution in [3.8, 4) is 5.69 Å². The number of alkyl halides is 1. The van der Waals surface area contributed by atoms with E-state index >= 15 is 0 Å². The Morgan fingerprint density at radius 2 is 1.65 bits per heavy atom. The van der Waals surface area contributed by atoms with Crippen molar-refractivity contribution >= 4 is 45.8 Å². The summed E-state index contributed by atoms with van der Waals surface area (Å²) in [6, 6.07) is 13.2. The van der Waals surface area contributed by atoms with E-state index < -0.39 is 0 Å². The number of halogens is 3. The summed E-state index contributed by atoms with van der Waals surface area (Å²) in [7, 11) is 0. The van der Waals surface area contributed by atoms with Gasteiger partial charge in [-0.1, -0.05) is 23.2 Å². The average molecular weight is 326 g/mol. The number of hydrogen-bond acceptors (Lipinski definition) is 1. The van der Waals surface area contributed by atoms with Crippen LogP contribution in [0, 0.1) is 0 Å². The summed E-state index contributed by atoms with van der Waals surface area (Å²) in [5.74, 6) is 0.784. The van der Waals surface area contributed by atoms with Gasteiger partial charge in [0.05, 0.1) is 16.4 Å². The van der Waals surface area contributed by atoms with Crippen LogP contribution in [0.2, 0.25) is 10.0 Å². The molecule has 2 nitrogen and oxygen atoms in total. The van der Waals surface area contributed by atoms with E-state index in [-0.39, 0.29) is 5.38 Å². The minimum absolute atomic E-state index is 0.211. The molecule has 3 aromatic rings. The highest BCUT2D eigenvalue weighted by atomic mass is 35.5. The van der Waals surface area contributed by atoms with E-state index in [0.29, 0.717) is 10.0 Å². The lowest BCUT2D eigenvalue weighted by molar-refractivity contribution is 0.882. The Balaban J connectivity index is 2.33. The van der Waals surface area contributed by atoms with Gasteiger partial charge in [-0.25, -0.2) is 4.98 Å². The fourth-order valence-corrected chi connectivity index (χ4v) is 2.63. The Morgan fingerprint density at radius 3 is 2.30 bits per heavy atom. The lowest BCUT2D eigenvalue weighted by Crippen LogP contribution is -2.01. The maximum Gasteiger partial charge on any atom is 0.132 e. The normalized spacial score (nSPS) is 12.8. The molecule has 20 heavy (non-hydrogen) atoms. The van der Waals surface area contributed by atoms with E-state index in [1.165, 1.54) is 0 Å². The van der Waals surface area contributed by atoms with E-state index in [2.05, 4.69) is 4.98 Å². The van der Waals surface area contributed by atoms with Crippen molar-refractivity contribution in [1.29, 1.82) is 0 Å². The Kier molecular flexibility index (Phi) is 3.63. The summed E-state index contributed by atoms with van der Waals surface area (Å²) >= 11 is 18.3. The van der Waals surface area contributed by atoms with Gasteiger partial charge in [0.1, 0.15) is 5.82 Å². The molecule has 1 unspecified atom stereocenters. The van der Waals surface area contributed by atoms with Crippen molar-refractivity contribution in [2.24, 2.45) is 0 Å². The monoisotopic (exact) mass is 324 g/mol. The fraction of sp³-hybridized carbons (Fsp3) is 0.133. The van der Waals surface area contributed by atoms with Gasteiger partial charge in [0, 0.05) is 15.7 Å². The van der Waals surface area contributed by atoms with Gasteiger partial charge >= 0.3 is 0 Å². The zero-order chi connectivity index (χ0) is 14.3. The second kappa shape index (κ2) is 5.28. The second-order valence-corrected chi connectivity index (χ2v) is 6.06. The van der Waals surface area contributed by atoms with Crippen molar-refractivity contribution in [1.82, 2.24) is 9.55 Å². The smallest absolute Gasteiger partial charge is 0.132 e. The summed E-state index contributed by atoms with van der Waals surface area (Å²) in [6.07, 6.45) is 0. The van der Waals surface area contributed by atoms with Crippen LogP contribution in [-0.2, 0) is 0 Å². The predicted octanol–water partition coefficient (Wildman–Crippen LogP) is 5.63. The Hall–Kier alpha value is -1.22. The molecule has 1 aromatic heterocycles. The Bertz CT molecular complexity index is 761. The Morgan fingerprint density at radius 1 is 1.00 bits per heavy atom. The van der Waals surface area contributed by atoms with Crippen LogP contribution in [0.1, 0.15) is 18.1 Å². The molecule has 0 aliphatic heterocycles. The Labute approximate surface area is 131 Å². The van der Waals surface area contributed by atoms with Crippen LogP contribution in [0.4, 0.5) is 0 Å². The molecular formula is C15H11Cl3N2. The first-order chi connectivity index (χ1) is 9.56. The van der Waals surface area contributed by atoms with E-state index in [0.717, 1.165) is 22.5 Å². The quantitative estimate of drug-likeness (QED) is 0.558. The summed E-state index contributed by atoms with van der Waals surface area (Å²) in [6.45, 7) is 1.90. The van der Waals surface area contributed by atoms with E-state index in [9.17, 15) is 0 Å². The molecule has 3 rings (SSSR count). The number of imidazole rings is 1. The summed E-state index contributed by atoms with van der Waals surface area (Å²) in [4.78, 5) is 4.59. The third-order valence-corrected chi connectivity index (χ3v) is 3.77. The highest BCUT2D eigenvalue weighted by molar-refractivity contribution is 6.31. The summed E-state index contributed by atoms with van der Waals surface area (Å²) in [5.41, 5.74) is 2.76. The van der Waals surface area contributed by atoms with Gasteiger partial charge in [-0.3, -0.25) is 4.57 Å². The minimum atomic E-state index is -0.211. The van der Waals surface area contributed by atoms with Crippen LogP contribution in [0.25, 0.3) is 16.7 Å². The van der Waals surface area contributed by atoms with Crippen molar-refractivity contribution in [3.63, 3.8) is 0 Å². The molecule has 0 saturated carbocycles. The molecule has 0 bridgehead atoms. The first kappa shape index (κ1) is 13.7. The molecule has 2 aromatic carbocycles. The number of benzene rings is 2. The number of aromatic nitrogens is 2. The molecule has 0 N–H and O–H groups in total. The zero-order valence-corrected chi connectivity index (χ0v) is 12.9. The van der Waals surface area contributed by atoms with Crippen LogP contribution in [0.15, 0.2) is 42.5 Å². The van der Waals surface area contributed by atoms with E-state index in [1.807, 2.05) is 54.0 Å². The molecule has 0 spiro atoms. The van der Waals surface area contributed by atoms with Crippen molar-refractivity contribution in [2.45, 2.75) is 12.3 Å². The topological polar surface area (TPSA) is 17.8 Å². The summed E-state index contributed by atoms with van der Waals surface area (Å²) < 4.78 is 2.01. The van der Waals surface area contributed by atoms with Crippen molar-refractivity contribution in [3.05, 3.63) is 58.3 Å². The SMILES string of the molecule is CC(Cl)c1nc2ccc(Cl)cc2n1-c1ccc(Cl)cc1. The number of nitrogens with zero attached hydrogens (tertiary/aromatic N) is 2. The molecule has 0 fully saturated rings. The average Bonchev–Trinajstić information content (AvgIpc) is 2.78. The molecule has 0 amide bonds. The van der Waals surface area contributed by atoms with Gasteiger partial charge in [0.2, 0.25) is 0 Å². The lowest BCUT2D eigenvalue weighted by atomic mass is 10.2. The van der Waals surface area contributed by atoms with Gasteiger partial charge in [-0.2, -0.15) is 0 Å². The maximum atomic E-state index is 6.26. The lowest BCUT2D eigenvalue weighted by Gasteiger charge is -2.10. The van der Waals surface area contributed by atoms with Crippen molar-refractivity contribution < 1.29 is 0 Å². The maximum absolute atomic E-state index is 6.26. The van der Waals surface area contributed by atoms with Gasteiger partial charge < -0.3 is 0 Å². The number of rotatable bonds is 2. The van der Waals surface area contributed by atoms with E-state index in [1.54, 1.807) is 0 Å². The first-order valence-corrected chi connectivity index (χ1v) is 7.33. The van der Waals surface area contributed by atoms with Crippen LogP contribution < -0.4 is 0 Å². The van der Waals surface area contributed by atoms with Crippen LogP contribution >= 0.6 is 34.8 Å². The summed E-state index contributed by atoms with van der Waals surface area (Å²) in [5, 5.41) is 1.15. The minimum Gasteiger partial charge on any atom is -0.295 e. The molecule has 0 aliphatic rings. The van der Waals surface area contributed by atoms with Gasteiger partial charge in [-0.05, 0) is 49.4 Å². The van der Waals surface area contributed by atoms with Gasteiger partial charge in [-0.15, -0.1) is 11.6 Å². The zero-order valence-electron chi connectivity index (χ0n) is 10.6. The molecule has 1 atom stereocenters. The first-order valence-electron chi connectivity index (χ1n) is 6.14. The van der Waals surface area contributed by atoms with Crippen LogP contribution in [0.5, 0.6) is 0 Å². The second-order valence-electron chi connectivity index (χ2n) is 4.53. The van der Waals surface area contributed by atoms with Crippen LogP contribution in [0.3, 0.4) is 0 Å². The highest BCUT2D eigenvalue weighted by Crippen LogP contribution is 2.30. The van der Waals surface area contributed by atoms with Gasteiger partial charge in [0.25, 0.3) is 0 Å². The molecule has 0 saturated heterocycles. The standard InChI is InChI=1S/C15H11Cl3N2/c1-9(16)15-19-13-7-4-11(18)8-14(13)20(15)12-5-2-10(17)3-6-12/h2-9H,1H3. The molecule has 0 radical (unpaired) electrons. The largest absolute Gasteiger partial charge is 0.295 e. The molecule has 102 valence electrons. The highest BCUT2D eigenvalue weighted by Gasteiger charge is 2.16. The van der Waals surface area contributed by atoms with Gasteiger partial charge in [0.15, 0.2) is 0 Å². The number of fused-ring (bicyclic) bond motifs is 1. The van der Waals surface area contributed by atoms with Crippen LogP contribution in [-0.4, -0.2) is 9.55 Å².